The molecule has 0 N–H and O–H groups in total. The van der Waals surface area contributed by atoms with E-state index in [1.165, 1.54) is 4.52 Å². The second-order valence-corrected chi connectivity index (χ2v) is 3.96. The largest absolute Gasteiger partial charge is 0.433 e. The predicted molar refractivity (Wildman–Crippen MR) is 63.9 cm³/mol. The SMILES string of the molecule is CCN(CCC#N)c1cc(C(F)(F)F)nc2ncnn12. The molecule has 0 unspecified atom stereocenters. The molecule has 0 spiro atoms. The average molecular weight is 284 g/mol. The van der Waals surface area contributed by atoms with Crippen LogP contribution >= 0.6 is 0 Å². The van der Waals surface area contributed by atoms with E-state index in [0.29, 0.717) is 13.1 Å². The molecule has 0 atom stereocenters. The Morgan fingerprint density at radius 2 is 2.20 bits per heavy atom. The molecule has 0 saturated heterocycles. The van der Waals surface area contributed by atoms with Crippen molar-refractivity contribution in [3.63, 3.8) is 0 Å². The summed E-state index contributed by atoms with van der Waals surface area (Å²) in [5, 5.41) is 12.5. The summed E-state index contributed by atoms with van der Waals surface area (Å²) in [6, 6.07) is 2.88. The van der Waals surface area contributed by atoms with Crippen molar-refractivity contribution in [3.05, 3.63) is 18.1 Å². The first-order valence-electron chi connectivity index (χ1n) is 5.87. The lowest BCUT2D eigenvalue weighted by molar-refractivity contribution is -0.141. The van der Waals surface area contributed by atoms with E-state index in [9.17, 15) is 13.2 Å². The molecular formula is C11H11F3N6. The summed E-state index contributed by atoms with van der Waals surface area (Å²) in [5.41, 5.74) is -1.02. The van der Waals surface area contributed by atoms with Crippen LogP contribution in [0, 0.1) is 11.3 Å². The molecular weight excluding hydrogens is 273 g/mol. The third kappa shape index (κ3) is 2.64. The van der Waals surface area contributed by atoms with Crippen LogP contribution in [0.1, 0.15) is 19.0 Å². The summed E-state index contributed by atoms with van der Waals surface area (Å²) < 4.78 is 39.7. The molecule has 0 aliphatic carbocycles. The molecule has 0 bridgehead atoms. The molecule has 106 valence electrons. The van der Waals surface area contributed by atoms with Crippen molar-refractivity contribution in [2.45, 2.75) is 19.5 Å². The molecule has 0 fully saturated rings. The van der Waals surface area contributed by atoms with Gasteiger partial charge in [-0.05, 0) is 6.92 Å². The van der Waals surface area contributed by atoms with Crippen LogP contribution in [0.4, 0.5) is 19.0 Å². The first kappa shape index (κ1) is 14.0. The maximum absolute atomic E-state index is 12.8. The fourth-order valence-electron chi connectivity index (χ4n) is 1.79. The maximum Gasteiger partial charge on any atom is 0.433 e. The van der Waals surface area contributed by atoms with Crippen molar-refractivity contribution in [1.29, 1.82) is 5.26 Å². The molecule has 9 heteroatoms. The molecule has 0 aliphatic heterocycles. The van der Waals surface area contributed by atoms with Gasteiger partial charge < -0.3 is 4.90 Å². The average Bonchev–Trinajstić information content (AvgIpc) is 2.86. The van der Waals surface area contributed by atoms with Crippen molar-refractivity contribution in [1.82, 2.24) is 19.6 Å². The zero-order valence-electron chi connectivity index (χ0n) is 10.6. The van der Waals surface area contributed by atoms with Crippen molar-refractivity contribution in [3.8, 4) is 6.07 Å². The van der Waals surface area contributed by atoms with Crippen LogP contribution in [0.2, 0.25) is 0 Å². The predicted octanol–water partition coefficient (Wildman–Crippen LogP) is 1.88. The number of alkyl halides is 3. The van der Waals surface area contributed by atoms with E-state index in [-0.39, 0.29) is 18.0 Å². The minimum absolute atomic E-state index is 0.120. The summed E-state index contributed by atoms with van der Waals surface area (Å²) in [5.74, 6) is 0.0998. The van der Waals surface area contributed by atoms with Crippen molar-refractivity contribution in [2.24, 2.45) is 0 Å². The van der Waals surface area contributed by atoms with Gasteiger partial charge in [0.05, 0.1) is 12.5 Å². The van der Waals surface area contributed by atoms with Crippen LogP contribution in [0.3, 0.4) is 0 Å². The number of fused-ring (bicyclic) bond motifs is 1. The molecule has 6 nitrogen and oxygen atoms in total. The Labute approximate surface area is 112 Å². The van der Waals surface area contributed by atoms with Crippen LogP contribution in [-0.4, -0.2) is 32.7 Å². The van der Waals surface area contributed by atoms with Gasteiger partial charge in [0.15, 0.2) is 5.69 Å². The first-order valence-corrected chi connectivity index (χ1v) is 5.87. The molecule has 0 aliphatic rings. The van der Waals surface area contributed by atoms with Gasteiger partial charge in [-0.2, -0.15) is 33.0 Å². The van der Waals surface area contributed by atoms with E-state index in [1.807, 2.05) is 6.07 Å². The number of nitrogens with zero attached hydrogens (tertiary/aromatic N) is 6. The molecule has 0 amide bonds. The van der Waals surface area contributed by atoms with Gasteiger partial charge in [0.1, 0.15) is 12.1 Å². The van der Waals surface area contributed by atoms with E-state index < -0.39 is 11.9 Å². The highest BCUT2D eigenvalue weighted by Gasteiger charge is 2.34. The zero-order chi connectivity index (χ0) is 14.8. The summed E-state index contributed by atoms with van der Waals surface area (Å²) >= 11 is 0. The number of rotatable bonds is 4. The summed E-state index contributed by atoms with van der Waals surface area (Å²) in [6.45, 7) is 2.54. The summed E-state index contributed by atoms with van der Waals surface area (Å²) in [4.78, 5) is 8.76. The molecule has 0 saturated carbocycles. The first-order chi connectivity index (χ1) is 9.47. The highest BCUT2D eigenvalue weighted by atomic mass is 19.4. The second kappa shape index (κ2) is 5.32. The topological polar surface area (TPSA) is 70.1 Å². The third-order valence-electron chi connectivity index (χ3n) is 2.72. The van der Waals surface area contributed by atoms with Crippen LogP contribution in [0.15, 0.2) is 12.4 Å². The van der Waals surface area contributed by atoms with Crippen LogP contribution in [-0.2, 0) is 6.18 Å². The monoisotopic (exact) mass is 284 g/mol. The molecule has 2 aromatic rings. The lowest BCUT2D eigenvalue weighted by Crippen LogP contribution is -2.27. The minimum Gasteiger partial charge on any atom is -0.356 e. The Balaban J connectivity index is 2.55. The van der Waals surface area contributed by atoms with Gasteiger partial charge >= 0.3 is 6.18 Å². The Morgan fingerprint density at radius 3 is 2.80 bits per heavy atom. The molecule has 2 aromatic heterocycles. The molecule has 2 heterocycles. The van der Waals surface area contributed by atoms with Gasteiger partial charge in [0, 0.05) is 19.2 Å². The van der Waals surface area contributed by atoms with Crippen molar-refractivity contribution in [2.75, 3.05) is 18.0 Å². The lowest BCUT2D eigenvalue weighted by atomic mass is 10.3. The Kier molecular flexibility index (Phi) is 3.74. The van der Waals surface area contributed by atoms with Crippen molar-refractivity contribution >= 4 is 11.6 Å². The van der Waals surface area contributed by atoms with Gasteiger partial charge in [0.2, 0.25) is 0 Å². The standard InChI is InChI=1S/C11H11F3N6/c1-2-19(5-3-4-15)9-6-8(11(12,13)14)18-10-16-7-17-20(9)10/h6-7H,2-3,5H2,1H3. The number of hydrogen-bond donors (Lipinski definition) is 0. The van der Waals surface area contributed by atoms with Crippen LogP contribution in [0.5, 0.6) is 0 Å². The number of aromatic nitrogens is 4. The van der Waals surface area contributed by atoms with E-state index in [0.717, 1.165) is 12.4 Å². The maximum atomic E-state index is 12.8. The van der Waals surface area contributed by atoms with Crippen LogP contribution in [0.25, 0.3) is 5.78 Å². The zero-order valence-corrected chi connectivity index (χ0v) is 10.6. The lowest BCUT2D eigenvalue weighted by Gasteiger charge is -2.22. The Bertz CT molecular complexity index is 642. The quantitative estimate of drug-likeness (QED) is 0.857. The van der Waals surface area contributed by atoms with Crippen molar-refractivity contribution < 1.29 is 13.2 Å². The van der Waals surface area contributed by atoms with Crippen LogP contribution < -0.4 is 4.90 Å². The number of anilines is 1. The Hall–Kier alpha value is -2.37. The highest BCUT2D eigenvalue weighted by Crippen LogP contribution is 2.30. The normalized spacial score (nSPS) is 11.6. The second-order valence-electron chi connectivity index (χ2n) is 3.96. The third-order valence-corrected chi connectivity index (χ3v) is 2.72. The van der Waals surface area contributed by atoms with E-state index in [4.69, 9.17) is 5.26 Å². The molecule has 0 radical (unpaired) electrons. The molecule has 20 heavy (non-hydrogen) atoms. The highest BCUT2D eigenvalue weighted by molar-refractivity contribution is 5.47. The molecule has 2 rings (SSSR count). The van der Waals surface area contributed by atoms with E-state index in [2.05, 4.69) is 15.1 Å². The number of halogens is 3. The fourth-order valence-corrected chi connectivity index (χ4v) is 1.79. The van der Waals surface area contributed by atoms with Gasteiger partial charge in [-0.15, -0.1) is 0 Å². The van der Waals surface area contributed by atoms with Gasteiger partial charge in [-0.3, -0.25) is 0 Å². The number of hydrogen-bond acceptors (Lipinski definition) is 5. The summed E-state index contributed by atoms with van der Waals surface area (Å²) in [6.07, 6.45) is -3.21. The summed E-state index contributed by atoms with van der Waals surface area (Å²) in [7, 11) is 0. The van der Waals surface area contributed by atoms with E-state index in [1.54, 1.807) is 11.8 Å². The van der Waals surface area contributed by atoms with Gasteiger partial charge in [-0.25, -0.2) is 4.98 Å². The van der Waals surface area contributed by atoms with E-state index >= 15 is 0 Å². The minimum atomic E-state index is -4.56. The fraction of sp³-hybridized carbons (Fsp3) is 0.455. The smallest absolute Gasteiger partial charge is 0.356 e. The van der Waals surface area contributed by atoms with Gasteiger partial charge in [-0.1, -0.05) is 0 Å². The van der Waals surface area contributed by atoms with Gasteiger partial charge in [0.25, 0.3) is 5.78 Å². The molecule has 0 aromatic carbocycles. The Morgan fingerprint density at radius 1 is 1.45 bits per heavy atom. The number of nitriles is 1.